The molecule has 0 spiro atoms. The van der Waals surface area contributed by atoms with Crippen LogP contribution in [0.15, 0.2) is 36.9 Å². The van der Waals surface area contributed by atoms with Crippen molar-refractivity contribution in [2.24, 2.45) is 0 Å². The molecule has 2 heterocycles. The number of piperazine rings is 1. The number of fused-ring (bicyclic) bond motifs is 1. The number of hydrogen-bond donors (Lipinski definition) is 2. The van der Waals surface area contributed by atoms with Crippen molar-refractivity contribution in [3.05, 3.63) is 65.4 Å². The molecule has 1 unspecified atom stereocenters. The van der Waals surface area contributed by atoms with Crippen molar-refractivity contribution >= 4 is 17.3 Å². The average Bonchev–Trinajstić information content (AvgIpc) is 3.37. The van der Waals surface area contributed by atoms with Crippen LogP contribution in [0.4, 0.5) is 20.2 Å². The summed E-state index contributed by atoms with van der Waals surface area (Å²) in [5.41, 5.74) is 4.95. The molecule has 39 heavy (non-hydrogen) atoms. The number of halogens is 2. The highest BCUT2D eigenvalue weighted by Gasteiger charge is 2.32. The van der Waals surface area contributed by atoms with Gasteiger partial charge in [-0.2, -0.15) is 5.10 Å². The fourth-order valence-electron chi connectivity index (χ4n) is 5.52. The van der Waals surface area contributed by atoms with Gasteiger partial charge in [-0.3, -0.25) is 9.89 Å². The van der Waals surface area contributed by atoms with Crippen LogP contribution in [0.2, 0.25) is 0 Å². The molecule has 1 aliphatic carbocycles. The van der Waals surface area contributed by atoms with Crippen LogP contribution in [0, 0.1) is 11.6 Å². The Morgan fingerprint density at radius 2 is 1.82 bits per heavy atom. The molecule has 1 fully saturated rings. The summed E-state index contributed by atoms with van der Waals surface area (Å²) in [4.78, 5) is 16.8. The van der Waals surface area contributed by atoms with E-state index in [4.69, 9.17) is 9.47 Å². The van der Waals surface area contributed by atoms with Crippen molar-refractivity contribution in [2.45, 2.75) is 25.2 Å². The summed E-state index contributed by atoms with van der Waals surface area (Å²) in [6, 6.07) is 7.18. The topological polar surface area (TPSA) is 82.7 Å². The van der Waals surface area contributed by atoms with Crippen LogP contribution in [0.1, 0.15) is 29.2 Å². The van der Waals surface area contributed by atoms with Gasteiger partial charge in [-0.05, 0) is 56.5 Å². The Balaban J connectivity index is 1.51. The maximum Gasteiger partial charge on any atom is 0.247 e. The molecule has 206 valence electrons. The van der Waals surface area contributed by atoms with Crippen molar-refractivity contribution < 1.29 is 23.0 Å². The Bertz CT molecular complexity index is 1370. The second kappa shape index (κ2) is 11.1. The zero-order valence-corrected chi connectivity index (χ0v) is 22.4. The molecule has 8 nitrogen and oxygen atoms in total. The molecule has 0 bridgehead atoms. The number of benzene rings is 2. The van der Waals surface area contributed by atoms with E-state index in [1.807, 2.05) is 12.1 Å². The Morgan fingerprint density at radius 3 is 2.46 bits per heavy atom. The molecule has 0 saturated carbocycles. The Labute approximate surface area is 226 Å². The summed E-state index contributed by atoms with van der Waals surface area (Å²) in [6.07, 6.45) is 2.67. The molecule has 1 aliphatic heterocycles. The fraction of sp³-hybridized carbons (Fsp3) is 0.379. The number of ether oxygens (including phenoxy) is 2. The van der Waals surface area contributed by atoms with Crippen LogP contribution in [0.3, 0.4) is 0 Å². The first-order chi connectivity index (χ1) is 18.8. The first-order valence-electron chi connectivity index (χ1n) is 13.0. The molecule has 10 heteroatoms. The molecule has 5 rings (SSSR count). The highest BCUT2D eigenvalue weighted by atomic mass is 19.1. The van der Waals surface area contributed by atoms with Gasteiger partial charge in [0.2, 0.25) is 5.91 Å². The molecule has 1 saturated heterocycles. The number of carbonyl (C=O) groups is 1. The van der Waals surface area contributed by atoms with Crippen LogP contribution in [0.25, 0.3) is 11.3 Å². The number of nitrogens with one attached hydrogen (secondary N) is 2. The van der Waals surface area contributed by atoms with Gasteiger partial charge in [-0.25, -0.2) is 8.78 Å². The van der Waals surface area contributed by atoms with Crippen molar-refractivity contribution in [3.8, 4) is 22.8 Å². The summed E-state index contributed by atoms with van der Waals surface area (Å²) in [5, 5.41) is 10.6. The third-order valence-electron chi connectivity index (χ3n) is 7.73. The minimum atomic E-state index is -0.710. The molecular formula is C29H33F2N5O3. The standard InChI is InChI=1S/C29H33F2N5O3/c1-5-25(37)32-21-9-7-18(36-12-10-35(2)11-13-36)15-20(21)29-19-8-6-17(14-22(19)33-34-29)26-27(30)23(38-3)16-24(39-4)28(26)31/h5,7,9,15-17H,1,6,8,10-14H2,2-4H3,(H,32,37)(H,33,34). The van der Waals surface area contributed by atoms with Crippen molar-refractivity contribution in [2.75, 3.05) is 57.7 Å². The van der Waals surface area contributed by atoms with Crippen LogP contribution < -0.4 is 19.7 Å². The summed E-state index contributed by atoms with van der Waals surface area (Å²) < 4.78 is 40.7. The number of aromatic nitrogens is 2. The van der Waals surface area contributed by atoms with Crippen LogP contribution in [0.5, 0.6) is 11.5 Å². The number of methoxy groups -OCH3 is 2. The number of nitrogens with zero attached hydrogens (tertiary/aromatic N) is 3. The van der Waals surface area contributed by atoms with Gasteiger partial charge in [-0.1, -0.05) is 6.58 Å². The molecule has 3 aromatic rings. The number of hydrogen-bond acceptors (Lipinski definition) is 6. The maximum atomic E-state index is 15.2. The predicted octanol–water partition coefficient (Wildman–Crippen LogP) is 4.52. The van der Waals surface area contributed by atoms with E-state index in [0.717, 1.165) is 54.4 Å². The Hall–Kier alpha value is -3.92. The number of carbonyl (C=O) groups excluding carboxylic acids is 1. The predicted molar refractivity (Wildman–Crippen MR) is 147 cm³/mol. The molecule has 2 aromatic carbocycles. The molecule has 1 atom stereocenters. The number of amides is 1. The van der Waals surface area contributed by atoms with Gasteiger partial charge in [0.25, 0.3) is 0 Å². The van der Waals surface area contributed by atoms with E-state index in [0.29, 0.717) is 24.9 Å². The highest BCUT2D eigenvalue weighted by molar-refractivity contribution is 6.02. The molecule has 1 aromatic heterocycles. The third-order valence-corrected chi connectivity index (χ3v) is 7.73. The molecular weight excluding hydrogens is 504 g/mol. The number of anilines is 2. The van der Waals surface area contributed by atoms with Crippen LogP contribution >= 0.6 is 0 Å². The lowest BCUT2D eigenvalue weighted by molar-refractivity contribution is -0.111. The first-order valence-corrected chi connectivity index (χ1v) is 13.0. The fourth-order valence-corrected chi connectivity index (χ4v) is 5.52. The van der Waals surface area contributed by atoms with E-state index < -0.39 is 17.6 Å². The quantitative estimate of drug-likeness (QED) is 0.432. The number of likely N-dealkylation sites (N-methyl/N-ethyl adjacent to an activating group) is 1. The smallest absolute Gasteiger partial charge is 0.247 e. The first kappa shape index (κ1) is 26.7. The van der Waals surface area contributed by atoms with Gasteiger partial charge in [-0.15, -0.1) is 0 Å². The Morgan fingerprint density at radius 1 is 1.13 bits per heavy atom. The lowest BCUT2D eigenvalue weighted by Crippen LogP contribution is -2.44. The van der Waals surface area contributed by atoms with E-state index in [1.165, 1.54) is 26.4 Å². The zero-order chi connectivity index (χ0) is 27.7. The van der Waals surface area contributed by atoms with Crippen molar-refractivity contribution in [1.82, 2.24) is 15.1 Å². The largest absolute Gasteiger partial charge is 0.494 e. The van der Waals surface area contributed by atoms with Gasteiger partial charge >= 0.3 is 0 Å². The van der Waals surface area contributed by atoms with Gasteiger partial charge in [0.15, 0.2) is 23.1 Å². The summed E-state index contributed by atoms with van der Waals surface area (Å²) in [7, 11) is 4.80. The van der Waals surface area contributed by atoms with Crippen LogP contribution in [-0.2, 0) is 17.6 Å². The molecule has 2 N–H and O–H groups in total. The summed E-state index contributed by atoms with van der Waals surface area (Å²) >= 11 is 0. The molecule has 0 radical (unpaired) electrons. The van der Waals surface area contributed by atoms with E-state index in [2.05, 4.69) is 45.0 Å². The second-order valence-electron chi connectivity index (χ2n) is 10.0. The Kier molecular flexibility index (Phi) is 7.56. The van der Waals surface area contributed by atoms with E-state index in [-0.39, 0.29) is 23.0 Å². The molecule has 2 aliphatic rings. The number of H-pyrrole nitrogens is 1. The average molecular weight is 538 g/mol. The van der Waals surface area contributed by atoms with Crippen molar-refractivity contribution in [1.29, 1.82) is 0 Å². The number of aromatic amines is 1. The second-order valence-corrected chi connectivity index (χ2v) is 10.0. The minimum absolute atomic E-state index is 0.0380. The lowest BCUT2D eigenvalue weighted by atomic mass is 9.81. The highest BCUT2D eigenvalue weighted by Crippen LogP contribution is 2.43. The van der Waals surface area contributed by atoms with E-state index >= 15 is 8.78 Å². The van der Waals surface area contributed by atoms with Gasteiger partial charge in [0.1, 0.15) is 0 Å². The summed E-state index contributed by atoms with van der Waals surface area (Å²) in [6.45, 7) is 7.29. The summed E-state index contributed by atoms with van der Waals surface area (Å²) in [5.74, 6) is -2.26. The number of rotatable bonds is 7. The normalized spacial score (nSPS) is 17.5. The van der Waals surface area contributed by atoms with E-state index in [1.54, 1.807) is 0 Å². The van der Waals surface area contributed by atoms with Crippen molar-refractivity contribution in [3.63, 3.8) is 0 Å². The molecule has 1 amide bonds. The van der Waals surface area contributed by atoms with Gasteiger partial charge < -0.3 is 24.6 Å². The van der Waals surface area contributed by atoms with Gasteiger partial charge in [0.05, 0.1) is 25.6 Å². The van der Waals surface area contributed by atoms with Gasteiger partial charge in [0, 0.05) is 60.3 Å². The minimum Gasteiger partial charge on any atom is -0.494 e. The zero-order valence-electron chi connectivity index (χ0n) is 22.4. The lowest BCUT2D eigenvalue weighted by Gasteiger charge is -2.34. The SMILES string of the molecule is C=CC(=O)Nc1ccc(N2CCN(C)CC2)cc1-c1n[nH]c2c1CCC(c1c(F)c(OC)cc(OC)c1F)C2. The third kappa shape index (κ3) is 5.08. The maximum absolute atomic E-state index is 15.2. The monoisotopic (exact) mass is 537 g/mol. The van der Waals surface area contributed by atoms with E-state index in [9.17, 15) is 4.79 Å². The van der Waals surface area contributed by atoms with Crippen LogP contribution in [-0.4, -0.2) is 68.5 Å².